The molecular formula is C18H27N5O. The molecule has 24 heavy (non-hydrogen) atoms. The summed E-state index contributed by atoms with van der Waals surface area (Å²) in [4.78, 5) is 14.5. The Morgan fingerprint density at radius 2 is 2.29 bits per heavy atom. The molecule has 0 spiro atoms. The number of likely N-dealkylation sites (tertiary alicyclic amines) is 1. The number of amides is 1. The number of hydrogen-bond donors (Lipinski definition) is 2. The summed E-state index contributed by atoms with van der Waals surface area (Å²) in [5, 5.41) is 14.6. The molecule has 1 aliphatic carbocycles. The minimum atomic E-state index is -0.202. The van der Waals surface area contributed by atoms with Gasteiger partial charge in [0.05, 0.1) is 6.20 Å². The lowest BCUT2D eigenvalue weighted by atomic mass is 9.99. The summed E-state index contributed by atoms with van der Waals surface area (Å²) in [7, 11) is 0. The number of fused-ring (bicyclic) bond motifs is 1. The molecule has 1 aromatic rings. The molecule has 1 aliphatic heterocycles. The molecule has 2 heterocycles. The third kappa shape index (κ3) is 3.29. The smallest absolute Gasteiger partial charge is 0.252 e. The van der Waals surface area contributed by atoms with Crippen molar-refractivity contribution < 1.29 is 4.79 Å². The van der Waals surface area contributed by atoms with E-state index < -0.39 is 0 Å². The molecule has 1 aromatic heterocycles. The van der Waals surface area contributed by atoms with Gasteiger partial charge in [0.15, 0.2) is 0 Å². The summed E-state index contributed by atoms with van der Waals surface area (Å²) in [5.74, 6) is 0.305. The van der Waals surface area contributed by atoms with Crippen molar-refractivity contribution in [1.29, 1.82) is 5.41 Å². The van der Waals surface area contributed by atoms with E-state index in [1.807, 2.05) is 10.9 Å². The van der Waals surface area contributed by atoms with Gasteiger partial charge in [0.2, 0.25) is 0 Å². The van der Waals surface area contributed by atoms with Gasteiger partial charge in [-0.15, -0.1) is 0 Å². The molecule has 0 radical (unpaired) electrons. The summed E-state index contributed by atoms with van der Waals surface area (Å²) in [6.45, 7) is 9.88. The number of nitrogens with zero attached hydrogens (tertiary/aromatic N) is 3. The van der Waals surface area contributed by atoms with Gasteiger partial charge in [-0.1, -0.05) is 6.58 Å². The van der Waals surface area contributed by atoms with Crippen molar-refractivity contribution >= 4 is 12.1 Å². The van der Waals surface area contributed by atoms with Crippen LogP contribution >= 0.6 is 0 Å². The van der Waals surface area contributed by atoms with E-state index in [1.54, 1.807) is 0 Å². The van der Waals surface area contributed by atoms with E-state index in [0.29, 0.717) is 18.0 Å². The van der Waals surface area contributed by atoms with Crippen molar-refractivity contribution in [2.75, 3.05) is 6.54 Å². The summed E-state index contributed by atoms with van der Waals surface area (Å²) in [6.07, 6.45) is 8.37. The molecule has 130 valence electrons. The van der Waals surface area contributed by atoms with Gasteiger partial charge in [0.25, 0.3) is 5.91 Å². The molecule has 6 heteroatoms. The molecule has 1 saturated carbocycles. The van der Waals surface area contributed by atoms with Crippen molar-refractivity contribution in [1.82, 2.24) is 20.0 Å². The Kier molecular flexibility index (Phi) is 4.85. The largest absolute Gasteiger partial charge is 0.349 e. The van der Waals surface area contributed by atoms with Crippen molar-refractivity contribution in [3.05, 3.63) is 30.1 Å². The SMILES string of the molecule is C=C(C=N)C(=O)NC1CCC2C1CCN2Cc1cnn(C(C)C)c1. The molecule has 1 saturated heterocycles. The van der Waals surface area contributed by atoms with Crippen LogP contribution in [0, 0.1) is 11.3 Å². The second-order valence-corrected chi connectivity index (χ2v) is 7.24. The fourth-order valence-corrected chi connectivity index (χ4v) is 4.05. The van der Waals surface area contributed by atoms with Gasteiger partial charge >= 0.3 is 0 Å². The molecule has 2 fully saturated rings. The number of nitrogens with one attached hydrogen (secondary N) is 2. The molecule has 2 aliphatic rings. The minimum Gasteiger partial charge on any atom is -0.349 e. The first-order chi connectivity index (χ1) is 11.5. The Morgan fingerprint density at radius 3 is 2.96 bits per heavy atom. The summed E-state index contributed by atoms with van der Waals surface area (Å²) in [6, 6.07) is 1.13. The predicted molar refractivity (Wildman–Crippen MR) is 94.0 cm³/mol. The number of aromatic nitrogens is 2. The summed E-state index contributed by atoms with van der Waals surface area (Å²) < 4.78 is 2.00. The van der Waals surface area contributed by atoms with E-state index in [4.69, 9.17) is 5.41 Å². The fraction of sp³-hybridized carbons (Fsp3) is 0.611. The van der Waals surface area contributed by atoms with Crippen molar-refractivity contribution in [3.8, 4) is 0 Å². The highest BCUT2D eigenvalue weighted by molar-refractivity contribution is 6.10. The monoisotopic (exact) mass is 329 g/mol. The lowest BCUT2D eigenvalue weighted by Gasteiger charge is -2.24. The van der Waals surface area contributed by atoms with Gasteiger partial charge in [0.1, 0.15) is 0 Å². The lowest BCUT2D eigenvalue weighted by molar-refractivity contribution is -0.117. The number of hydrogen-bond acceptors (Lipinski definition) is 4. The highest BCUT2D eigenvalue weighted by Gasteiger charge is 2.44. The predicted octanol–water partition coefficient (Wildman–Crippen LogP) is 2.14. The van der Waals surface area contributed by atoms with E-state index in [0.717, 1.165) is 38.6 Å². The third-order valence-corrected chi connectivity index (χ3v) is 5.36. The second-order valence-electron chi connectivity index (χ2n) is 7.24. The first-order valence-corrected chi connectivity index (χ1v) is 8.77. The Labute approximate surface area is 143 Å². The lowest BCUT2D eigenvalue weighted by Crippen LogP contribution is -2.40. The normalized spacial score (nSPS) is 26.5. The van der Waals surface area contributed by atoms with Gasteiger partial charge in [0, 0.05) is 48.2 Å². The highest BCUT2D eigenvalue weighted by Crippen LogP contribution is 2.38. The molecule has 2 N–H and O–H groups in total. The fourth-order valence-electron chi connectivity index (χ4n) is 4.05. The quantitative estimate of drug-likeness (QED) is 0.620. The minimum absolute atomic E-state index is 0.202. The maximum absolute atomic E-state index is 12.0. The third-order valence-electron chi connectivity index (χ3n) is 5.36. The van der Waals surface area contributed by atoms with Crippen LogP contribution in [0.1, 0.15) is 44.7 Å². The molecule has 0 aromatic carbocycles. The van der Waals surface area contributed by atoms with Gasteiger partial charge in [-0.2, -0.15) is 5.10 Å². The number of rotatable bonds is 6. The van der Waals surface area contributed by atoms with Crippen LogP contribution in [0.15, 0.2) is 24.5 Å². The van der Waals surface area contributed by atoms with Crippen LogP contribution in [-0.4, -0.2) is 45.4 Å². The molecule has 3 atom stereocenters. The average molecular weight is 329 g/mol. The maximum Gasteiger partial charge on any atom is 0.252 e. The van der Waals surface area contributed by atoms with Crippen LogP contribution < -0.4 is 5.32 Å². The van der Waals surface area contributed by atoms with E-state index >= 15 is 0 Å². The molecule has 6 nitrogen and oxygen atoms in total. The van der Waals surface area contributed by atoms with E-state index in [2.05, 4.69) is 41.9 Å². The Hall–Kier alpha value is -1.95. The maximum atomic E-state index is 12.0. The van der Waals surface area contributed by atoms with Crippen LogP contribution in [0.5, 0.6) is 0 Å². The first-order valence-electron chi connectivity index (χ1n) is 8.77. The van der Waals surface area contributed by atoms with Gasteiger partial charge in [-0.25, -0.2) is 0 Å². The van der Waals surface area contributed by atoms with E-state index in [1.165, 1.54) is 5.56 Å². The zero-order chi connectivity index (χ0) is 17.3. The van der Waals surface area contributed by atoms with Crippen molar-refractivity contribution in [2.45, 2.75) is 57.8 Å². The molecular weight excluding hydrogens is 302 g/mol. The highest BCUT2D eigenvalue weighted by atomic mass is 16.1. The van der Waals surface area contributed by atoms with Crippen LogP contribution in [0.25, 0.3) is 0 Å². The zero-order valence-corrected chi connectivity index (χ0v) is 14.5. The standard InChI is InChI=1S/C18H27N5O/c1-12(2)23-11-14(9-20-23)10-22-7-6-15-16(4-5-17(15)22)21-18(24)13(3)8-19/h8-9,11-12,15-17,19H,3-7,10H2,1-2H3,(H,21,24). The molecule has 1 amide bonds. The average Bonchev–Trinajstić information content (AvgIpc) is 3.26. The summed E-state index contributed by atoms with van der Waals surface area (Å²) >= 11 is 0. The molecule has 0 bridgehead atoms. The second kappa shape index (κ2) is 6.89. The Bertz CT molecular complexity index is 635. The van der Waals surface area contributed by atoms with Gasteiger partial charge in [-0.05, 0) is 45.6 Å². The van der Waals surface area contributed by atoms with Crippen LogP contribution in [0.4, 0.5) is 0 Å². The zero-order valence-electron chi connectivity index (χ0n) is 14.5. The topological polar surface area (TPSA) is 74.0 Å². The van der Waals surface area contributed by atoms with Crippen LogP contribution in [0.2, 0.25) is 0 Å². The summed E-state index contributed by atoms with van der Waals surface area (Å²) in [5.41, 5.74) is 1.49. The Balaban J connectivity index is 1.59. The van der Waals surface area contributed by atoms with Crippen LogP contribution in [-0.2, 0) is 11.3 Å². The van der Waals surface area contributed by atoms with Crippen molar-refractivity contribution in [3.63, 3.8) is 0 Å². The molecule has 3 unspecified atom stereocenters. The van der Waals surface area contributed by atoms with E-state index in [-0.39, 0.29) is 17.5 Å². The van der Waals surface area contributed by atoms with Crippen LogP contribution in [0.3, 0.4) is 0 Å². The number of carbonyl (C=O) groups excluding carboxylic acids is 1. The first kappa shape index (κ1) is 16.9. The number of carbonyl (C=O) groups is 1. The van der Waals surface area contributed by atoms with Crippen molar-refractivity contribution in [2.24, 2.45) is 5.92 Å². The van der Waals surface area contributed by atoms with Gasteiger partial charge < -0.3 is 10.7 Å². The van der Waals surface area contributed by atoms with E-state index in [9.17, 15) is 4.79 Å². The Morgan fingerprint density at radius 1 is 1.50 bits per heavy atom. The van der Waals surface area contributed by atoms with Gasteiger partial charge in [-0.3, -0.25) is 14.4 Å². The molecule has 3 rings (SSSR count).